The third-order valence-electron chi connectivity index (χ3n) is 5.51. The lowest BCUT2D eigenvalue weighted by Crippen LogP contribution is -2.34. The molecule has 2 aromatic heterocycles. The topological polar surface area (TPSA) is 155 Å². The number of nitrogens with one attached hydrogen (secondary N) is 1. The van der Waals surface area contributed by atoms with Crippen LogP contribution >= 0.6 is 0 Å². The predicted octanol–water partition coefficient (Wildman–Crippen LogP) is 2.16. The van der Waals surface area contributed by atoms with Gasteiger partial charge in [-0.05, 0) is 37.1 Å². The Bertz CT molecular complexity index is 1600. The number of carbonyl (C=O) groups is 1. The maximum atomic E-state index is 13.6. The van der Waals surface area contributed by atoms with E-state index < -0.39 is 21.6 Å². The van der Waals surface area contributed by atoms with Crippen molar-refractivity contribution in [2.45, 2.75) is 31.9 Å². The molecule has 2 aromatic carbocycles. The molecule has 0 spiro atoms. The minimum atomic E-state index is -3.84. The number of hydrogen-bond donors (Lipinski definition) is 2. The first kappa shape index (κ1) is 25.8. The molecule has 4 rings (SSSR count). The van der Waals surface area contributed by atoms with E-state index in [-0.39, 0.29) is 41.6 Å². The zero-order valence-electron chi connectivity index (χ0n) is 20.2. The summed E-state index contributed by atoms with van der Waals surface area (Å²) in [6.07, 6.45) is 1.30. The summed E-state index contributed by atoms with van der Waals surface area (Å²) in [5.41, 5.74) is 1.35. The van der Waals surface area contributed by atoms with Gasteiger partial charge in [0.05, 0.1) is 28.3 Å². The van der Waals surface area contributed by atoms with E-state index in [1.807, 2.05) is 30.3 Å². The molecule has 0 aliphatic rings. The molecule has 0 fully saturated rings. The van der Waals surface area contributed by atoms with Crippen molar-refractivity contribution >= 4 is 32.7 Å². The molecule has 2 heterocycles. The summed E-state index contributed by atoms with van der Waals surface area (Å²) in [5, 5.41) is 8.69. The molecule has 12 heteroatoms. The van der Waals surface area contributed by atoms with Gasteiger partial charge in [-0.1, -0.05) is 42.5 Å². The van der Waals surface area contributed by atoms with Crippen LogP contribution in [0.5, 0.6) is 0 Å². The molecule has 4 aromatic rings. The number of benzene rings is 2. The highest BCUT2D eigenvalue weighted by atomic mass is 32.2. The van der Waals surface area contributed by atoms with E-state index in [2.05, 4.69) is 15.3 Å². The first-order chi connectivity index (χ1) is 17.7. The van der Waals surface area contributed by atoms with E-state index in [0.717, 1.165) is 10.3 Å². The molecule has 0 aliphatic heterocycles. The van der Waals surface area contributed by atoms with Gasteiger partial charge in [-0.15, -0.1) is 4.73 Å². The van der Waals surface area contributed by atoms with Gasteiger partial charge in [0.25, 0.3) is 0 Å². The Kier molecular flexibility index (Phi) is 7.50. The summed E-state index contributed by atoms with van der Waals surface area (Å²) in [7, 11) is -3.84. The monoisotopic (exact) mass is 523 g/mol. The summed E-state index contributed by atoms with van der Waals surface area (Å²) in [6.45, 7) is 3.62. The highest BCUT2D eigenvalue weighted by Gasteiger charge is 2.26. The normalized spacial score (nSPS) is 11.3. The Morgan fingerprint density at radius 3 is 2.41 bits per heavy atom. The second-order valence-electron chi connectivity index (χ2n) is 8.03. The Morgan fingerprint density at radius 2 is 1.76 bits per heavy atom. The molecule has 11 nitrogen and oxygen atoms in total. The van der Waals surface area contributed by atoms with Crippen LogP contribution in [0.3, 0.4) is 0 Å². The lowest BCUT2D eigenvalue weighted by molar-refractivity contribution is 0.0513. The third-order valence-corrected chi connectivity index (χ3v) is 6.44. The van der Waals surface area contributed by atoms with Crippen molar-refractivity contribution in [3.63, 3.8) is 0 Å². The number of aromatic nitrogens is 3. The van der Waals surface area contributed by atoms with Gasteiger partial charge in [0.1, 0.15) is 12.9 Å². The molecular formula is C25H25N5O6S. The second-order valence-corrected chi connectivity index (χ2v) is 9.59. The summed E-state index contributed by atoms with van der Waals surface area (Å²) in [4.78, 5) is 40.9. The van der Waals surface area contributed by atoms with E-state index in [4.69, 9.17) is 14.7 Å². The van der Waals surface area contributed by atoms with Crippen LogP contribution in [0.2, 0.25) is 0 Å². The molecule has 0 bridgehead atoms. The number of anilines is 1. The van der Waals surface area contributed by atoms with Crippen molar-refractivity contribution in [3.05, 3.63) is 93.7 Å². The van der Waals surface area contributed by atoms with Gasteiger partial charge in [-0.3, -0.25) is 4.79 Å². The predicted molar refractivity (Wildman–Crippen MR) is 136 cm³/mol. The molecule has 0 unspecified atom stereocenters. The van der Waals surface area contributed by atoms with Gasteiger partial charge in [0, 0.05) is 6.54 Å². The lowest BCUT2D eigenvalue weighted by atomic mass is 10.1. The lowest BCUT2D eigenvalue weighted by Gasteiger charge is -2.18. The molecule has 0 radical (unpaired) electrons. The fourth-order valence-corrected chi connectivity index (χ4v) is 4.24. The Morgan fingerprint density at radius 1 is 1.05 bits per heavy atom. The number of pyridine rings is 1. The smallest absolute Gasteiger partial charge is 0.346 e. The number of ether oxygens (including phenoxy) is 1. The summed E-state index contributed by atoms with van der Waals surface area (Å²) in [5.74, 6) is -0.832. The number of aryl methyl sites for hydroxylation is 1. The van der Waals surface area contributed by atoms with E-state index in [1.54, 1.807) is 26.0 Å². The molecule has 0 amide bonds. The van der Waals surface area contributed by atoms with Crippen LogP contribution in [0, 0.1) is 6.92 Å². The van der Waals surface area contributed by atoms with Gasteiger partial charge in [0.2, 0.25) is 10.0 Å². The van der Waals surface area contributed by atoms with Gasteiger partial charge >= 0.3 is 11.5 Å². The average molecular weight is 524 g/mol. The SMILES string of the molecule is CCOC(=O)c1c(NCc2ccc(S(N)(=O)=O)cc2)c2c(C)ncnc2n(OCc2ccccc2)c1=O. The van der Waals surface area contributed by atoms with E-state index in [0.29, 0.717) is 16.6 Å². The molecular weight excluding hydrogens is 498 g/mol. The number of rotatable bonds is 9. The molecule has 0 atom stereocenters. The van der Waals surface area contributed by atoms with Crippen LogP contribution < -0.4 is 20.9 Å². The number of nitrogens with zero attached hydrogens (tertiary/aromatic N) is 3. The maximum Gasteiger partial charge on any atom is 0.346 e. The number of nitrogens with two attached hydrogens (primary N) is 1. The molecule has 3 N–H and O–H groups in total. The minimum Gasteiger partial charge on any atom is -0.462 e. The number of carbonyl (C=O) groups excluding carboxylic acids is 1. The molecule has 0 saturated carbocycles. The van der Waals surface area contributed by atoms with Crippen LogP contribution in [-0.2, 0) is 27.9 Å². The van der Waals surface area contributed by atoms with Crippen LogP contribution in [0.4, 0.5) is 5.69 Å². The van der Waals surface area contributed by atoms with Crippen molar-refractivity contribution in [1.29, 1.82) is 0 Å². The van der Waals surface area contributed by atoms with E-state index >= 15 is 0 Å². The van der Waals surface area contributed by atoms with Crippen molar-refractivity contribution in [2.75, 3.05) is 11.9 Å². The fourth-order valence-electron chi connectivity index (χ4n) is 3.73. The average Bonchev–Trinajstić information content (AvgIpc) is 2.87. The third kappa shape index (κ3) is 5.60. The van der Waals surface area contributed by atoms with Gasteiger partial charge in [-0.2, -0.15) is 0 Å². The Hall–Kier alpha value is -4.29. The van der Waals surface area contributed by atoms with Crippen molar-refractivity contribution in [3.8, 4) is 0 Å². The molecule has 37 heavy (non-hydrogen) atoms. The number of primary sulfonamides is 1. The number of fused-ring (bicyclic) bond motifs is 1. The first-order valence-electron chi connectivity index (χ1n) is 11.3. The highest BCUT2D eigenvalue weighted by molar-refractivity contribution is 7.89. The van der Waals surface area contributed by atoms with Crippen LogP contribution in [0.1, 0.15) is 34.1 Å². The van der Waals surface area contributed by atoms with E-state index in [9.17, 15) is 18.0 Å². The summed E-state index contributed by atoms with van der Waals surface area (Å²) >= 11 is 0. The van der Waals surface area contributed by atoms with Crippen LogP contribution in [-0.4, -0.2) is 35.7 Å². The zero-order valence-corrected chi connectivity index (χ0v) is 21.0. The second kappa shape index (κ2) is 10.8. The quantitative estimate of drug-likeness (QED) is 0.314. The zero-order chi connectivity index (χ0) is 26.6. The summed E-state index contributed by atoms with van der Waals surface area (Å²) < 4.78 is 29.3. The van der Waals surface area contributed by atoms with Gasteiger partial charge < -0.3 is 14.9 Å². The molecule has 0 saturated heterocycles. The van der Waals surface area contributed by atoms with E-state index in [1.165, 1.54) is 18.5 Å². The molecule has 192 valence electrons. The van der Waals surface area contributed by atoms with Crippen molar-refractivity contribution < 1.29 is 22.8 Å². The Balaban J connectivity index is 1.81. The first-order valence-corrected chi connectivity index (χ1v) is 12.9. The van der Waals surface area contributed by atoms with Crippen LogP contribution in [0.25, 0.3) is 11.0 Å². The summed E-state index contributed by atoms with van der Waals surface area (Å²) in [6, 6.07) is 15.1. The minimum absolute atomic E-state index is 0.0312. The number of esters is 1. The van der Waals surface area contributed by atoms with Gasteiger partial charge in [0.15, 0.2) is 11.2 Å². The number of hydrogen-bond acceptors (Lipinski definition) is 9. The highest BCUT2D eigenvalue weighted by Crippen LogP contribution is 2.27. The Labute approximate surface area is 212 Å². The van der Waals surface area contributed by atoms with Crippen LogP contribution in [0.15, 0.2) is 70.6 Å². The fraction of sp³-hybridized carbons (Fsp3) is 0.200. The molecule has 0 aliphatic carbocycles. The largest absolute Gasteiger partial charge is 0.462 e. The van der Waals surface area contributed by atoms with Crippen molar-refractivity contribution in [2.24, 2.45) is 5.14 Å². The van der Waals surface area contributed by atoms with Gasteiger partial charge in [-0.25, -0.2) is 28.3 Å². The maximum absolute atomic E-state index is 13.6. The van der Waals surface area contributed by atoms with Crippen molar-refractivity contribution in [1.82, 2.24) is 14.7 Å². The number of sulfonamides is 1. The standard InChI is InChI=1S/C25H25N5O6S/c1-3-35-25(32)21-22(27-13-17-9-11-19(12-10-17)37(26,33)34)20-16(2)28-15-29-23(20)30(24(21)31)36-14-18-7-5-4-6-8-18/h4-12,15,27H,3,13-14H2,1-2H3,(H2,26,33,34).